The summed E-state index contributed by atoms with van der Waals surface area (Å²) >= 11 is 0. The van der Waals surface area contributed by atoms with E-state index in [9.17, 15) is 0 Å². The zero-order chi connectivity index (χ0) is 12.9. The summed E-state index contributed by atoms with van der Waals surface area (Å²) in [6.45, 7) is 5.92. The van der Waals surface area contributed by atoms with Gasteiger partial charge in [-0.25, -0.2) is 0 Å². The van der Waals surface area contributed by atoms with Crippen LogP contribution in [0.4, 0.5) is 0 Å². The zero-order valence-electron chi connectivity index (χ0n) is 12.8. The molecule has 2 N–H and O–H groups in total. The average molecular weight is 266 g/mol. The fourth-order valence-corrected chi connectivity index (χ4v) is 4.91. The van der Waals surface area contributed by atoms with Crippen molar-refractivity contribution in [3.8, 4) is 0 Å². The molecule has 2 saturated heterocycles. The molecule has 0 unspecified atom stereocenters. The lowest BCUT2D eigenvalue weighted by atomic mass is 9.92. The molecule has 2 heteroatoms. The number of likely N-dealkylation sites (tertiary alicyclic amines) is 2. The monoisotopic (exact) mass is 266 g/mol. The van der Waals surface area contributed by atoms with Gasteiger partial charge in [-0.05, 0) is 51.4 Å². The number of quaternary nitrogens is 2. The first kappa shape index (κ1) is 13.9. The topological polar surface area (TPSA) is 8.88 Å². The SMILES string of the molecule is C1CCC([NH+]2CCC([NH+]3CCCCCC3)CC2)CC1. The van der Waals surface area contributed by atoms with Crippen molar-refractivity contribution < 1.29 is 9.80 Å². The Morgan fingerprint density at radius 3 is 1.53 bits per heavy atom. The van der Waals surface area contributed by atoms with Gasteiger partial charge in [0.15, 0.2) is 0 Å². The average Bonchev–Trinajstić information content (AvgIpc) is 2.77. The van der Waals surface area contributed by atoms with E-state index in [-0.39, 0.29) is 0 Å². The standard InChI is InChI=1S/C17H32N2/c1-2-7-13-18(12-6-1)17-10-14-19(15-11-17)16-8-4-3-5-9-16/h16-17H,1-15H2/p+2. The zero-order valence-corrected chi connectivity index (χ0v) is 12.8. The van der Waals surface area contributed by atoms with Gasteiger partial charge in [-0.3, -0.25) is 0 Å². The van der Waals surface area contributed by atoms with E-state index in [1.54, 1.807) is 0 Å². The molecule has 110 valence electrons. The maximum absolute atomic E-state index is 1.98. The minimum absolute atomic E-state index is 1.02. The number of rotatable bonds is 2. The second-order valence-corrected chi connectivity index (χ2v) is 7.34. The molecule has 2 nitrogen and oxygen atoms in total. The van der Waals surface area contributed by atoms with E-state index in [0.717, 1.165) is 12.1 Å². The van der Waals surface area contributed by atoms with E-state index in [1.165, 1.54) is 96.8 Å². The Morgan fingerprint density at radius 2 is 0.895 bits per heavy atom. The molecule has 2 heterocycles. The van der Waals surface area contributed by atoms with Crippen LogP contribution in [-0.4, -0.2) is 38.3 Å². The van der Waals surface area contributed by atoms with Crippen molar-refractivity contribution in [3.05, 3.63) is 0 Å². The highest BCUT2D eigenvalue weighted by molar-refractivity contribution is 4.68. The first-order chi connectivity index (χ1) is 9.43. The number of piperidine rings is 1. The maximum Gasteiger partial charge on any atom is 0.0983 e. The molecule has 3 rings (SSSR count). The Hall–Kier alpha value is -0.0800. The summed E-state index contributed by atoms with van der Waals surface area (Å²) in [5, 5.41) is 0. The predicted molar refractivity (Wildman–Crippen MR) is 79.8 cm³/mol. The van der Waals surface area contributed by atoms with Gasteiger partial charge in [-0.2, -0.15) is 0 Å². The van der Waals surface area contributed by atoms with E-state index in [1.807, 2.05) is 9.80 Å². The van der Waals surface area contributed by atoms with Gasteiger partial charge in [-0.1, -0.05) is 6.42 Å². The molecule has 0 aromatic rings. The third-order valence-corrected chi connectivity index (χ3v) is 6.13. The molecule has 19 heavy (non-hydrogen) atoms. The van der Waals surface area contributed by atoms with Crippen LogP contribution in [0.3, 0.4) is 0 Å². The summed E-state index contributed by atoms with van der Waals surface area (Å²) in [7, 11) is 0. The van der Waals surface area contributed by atoms with Crippen LogP contribution in [0.15, 0.2) is 0 Å². The quantitative estimate of drug-likeness (QED) is 0.732. The molecule has 0 atom stereocenters. The number of hydrogen-bond donors (Lipinski definition) is 2. The van der Waals surface area contributed by atoms with Crippen molar-refractivity contribution in [2.24, 2.45) is 0 Å². The lowest BCUT2D eigenvalue weighted by Gasteiger charge is -2.38. The Morgan fingerprint density at radius 1 is 0.421 bits per heavy atom. The van der Waals surface area contributed by atoms with Crippen LogP contribution >= 0.6 is 0 Å². The molecular weight excluding hydrogens is 232 g/mol. The molecule has 0 bridgehead atoms. The third-order valence-electron chi connectivity index (χ3n) is 6.13. The van der Waals surface area contributed by atoms with Crippen LogP contribution in [0.2, 0.25) is 0 Å². The van der Waals surface area contributed by atoms with Crippen LogP contribution in [0.1, 0.15) is 70.6 Å². The van der Waals surface area contributed by atoms with Crippen LogP contribution in [0, 0.1) is 0 Å². The van der Waals surface area contributed by atoms with Crippen molar-refractivity contribution in [1.82, 2.24) is 0 Å². The van der Waals surface area contributed by atoms with Crippen LogP contribution in [-0.2, 0) is 0 Å². The highest BCUT2D eigenvalue weighted by Crippen LogP contribution is 2.16. The minimum atomic E-state index is 1.02. The van der Waals surface area contributed by atoms with Gasteiger partial charge < -0.3 is 9.80 Å². The summed E-state index contributed by atoms with van der Waals surface area (Å²) in [5.41, 5.74) is 0. The van der Waals surface area contributed by atoms with Crippen LogP contribution in [0.25, 0.3) is 0 Å². The molecular formula is C17H34N2+2. The Labute approximate surface area is 119 Å². The van der Waals surface area contributed by atoms with Gasteiger partial charge in [0.05, 0.1) is 38.3 Å². The Bertz CT molecular complexity index is 244. The first-order valence-corrected chi connectivity index (χ1v) is 9.12. The summed E-state index contributed by atoms with van der Waals surface area (Å²) in [6.07, 6.45) is 16.6. The van der Waals surface area contributed by atoms with Crippen molar-refractivity contribution in [2.75, 3.05) is 26.2 Å². The van der Waals surface area contributed by atoms with Crippen LogP contribution in [0.5, 0.6) is 0 Å². The second-order valence-electron chi connectivity index (χ2n) is 7.34. The summed E-state index contributed by atoms with van der Waals surface area (Å²) in [6, 6.07) is 2.05. The fourth-order valence-electron chi connectivity index (χ4n) is 4.91. The maximum atomic E-state index is 1.98. The lowest BCUT2D eigenvalue weighted by molar-refractivity contribution is -0.968. The third kappa shape index (κ3) is 3.72. The van der Waals surface area contributed by atoms with Crippen molar-refractivity contribution >= 4 is 0 Å². The van der Waals surface area contributed by atoms with Crippen molar-refractivity contribution in [3.63, 3.8) is 0 Å². The van der Waals surface area contributed by atoms with Crippen LogP contribution < -0.4 is 9.80 Å². The van der Waals surface area contributed by atoms with Crippen molar-refractivity contribution in [1.29, 1.82) is 0 Å². The summed E-state index contributed by atoms with van der Waals surface area (Å²) < 4.78 is 0. The molecule has 0 radical (unpaired) electrons. The van der Waals surface area contributed by atoms with E-state index in [2.05, 4.69) is 0 Å². The first-order valence-electron chi connectivity index (χ1n) is 9.12. The van der Waals surface area contributed by atoms with Gasteiger partial charge in [0.2, 0.25) is 0 Å². The summed E-state index contributed by atoms with van der Waals surface area (Å²) in [5.74, 6) is 0. The molecule has 0 aromatic carbocycles. The number of nitrogens with one attached hydrogen (secondary N) is 2. The molecule has 3 aliphatic rings. The Kier molecular flexibility index (Phi) is 5.17. The number of hydrogen-bond acceptors (Lipinski definition) is 0. The van der Waals surface area contributed by atoms with Gasteiger partial charge in [0.1, 0.15) is 0 Å². The molecule has 2 aliphatic heterocycles. The molecule has 0 amide bonds. The fraction of sp³-hybridized carbons (Fsp3) is 1.00. The molecule has 3 fully saturated rings. The van der Waals surface area contributed by atoms with E-state index < -0.39 is 0 Å². The van der Waals surface area contributed by atoms with Gasteiger partial charge in [0.25, 0.3) is 0 Å². The van der Waals surface area contributed by atoms with Gasteiger partial charge in [0, 0.05) is 12.8 Å². The molecule has 0 spiro atoms. The predicted octanol–water partition coefficient (Wildman–Crippen LogP) is 0.825. The molecule has 0 aromatic heterocycles. The van der Waals surface area contributed by atoms with E-state index in [4.69, 9.17) is 0 Å². The molecule has 1 saturated carbocycles. The highest BCUT2D eigenvalue weighted by Gasteiger charge is 2.33. The van der Waals surface area contributed by atoms with Gasteiger partial charge >= 0.3 is 0 Å². The largest absolute Gasteiger partial charge is 0.332 e. The lowest BCUT2D eigenvalue weighted by Crippen LogP contribution is -3.22. The van der Waals surface area contributed by atoms with E-state index >= 15 is 0 Å². The summed E-state index contributed by atoms with van der Waals surface area (Å²) in [4.78, 5) is 3.95. The normalized spacial score (nSPS) is 36.0. The Balaban J connectivity index is 1.45. The molecule has 1 aliphatic carbocycles. The highest BCUT2D eigenvalue weighted by atomic mass is 15.2. The second kappa shape index (κ2) is 7.08. The van der Waals surface area contributed by atoms with E-state index in [0.29, 0.717) is 0 Å². The van der Waals surface area contributed by atoms with Crippen molar-refractivity contribution in [2.45, 2.75) is 82.7 Å². The minimum Gasteiger partial charge on any atom is -0.332 e. The smallest absolute Gasteiger partial charge is 0.0983 e. The van der Waals surface area contributed by atoms with Gasteiger partial charge in [-0.15, -0.1) is 0 Å².